The van der Waals surface area contributed by atoms with Gasteiger partial charge in [0.25, 0.3) is 0 Å². The van der Waals surface area contributed by atoms with Crippen LogP contribution in [0.15, 0.2) is 18.3 Å². The Kier molecular flexibility index (Phi) is 6.88. The number of anilines is 3. The highest BCUT2D eigenvalue weighted by Gasteiger charge is 2.53. The van der Waals surface area contributed by atoms with Gasteiger partial charge in [0, 0.05) is 20.2 Å². The number of hydrogen-bond donors (Lipinski definition) is 1. The van der Waals surface area contributed by atoms with Crippen molar-refractivity contribution in [2.24, 2.45) is 5.92 Å². The van der Waals surface area contributed by atoms with Crippen molar-refractivity contribution in [3.05, 3.63) is 29.7 Å². The summed E-state index contributed by atoms with van der Waals surface area (Å²) in [7, 11) is 3.53. The van der Waals surface area contributed by atoms with Crippen molar-refractivity contribution in [3.63, 3.8) is 0 Å². The van der Waals surface area contributed by atoms with E-state index in [0.717, 1.165) is 44.4 Å². The molecular formula is C24H28F3IN6O3. The minimum atomic E-state index is -4.47. The first kappa shape index (κ1) is 26.2. The van der Waals surface area contributed by atoms with E-state index < -0.39 is 23.5 Å². The summed E-state index contributed by atoms with van der Waals surface area (Å²) in [6.07, 6.45) is 0.972. The molecule has 9 nitrogen and oxygen atoms in total. The maximum atomic E-state index is 13.0. The minimum absolute atomic E-state index is 0.104. The molecule has 5 rings (SSSR count). The molecule has 2 saturated carbocycles. The first-order chi connectivity index (χ1) is 17.5. The average molecular weight is 632 g/mol. The molecule has 1 N–H and O–H groups in total. The highest BCUT2D eigenvalue weighted by molar-refractivity contribution is 14.1. The molecule has 0 unspecified atom stereocenters. The number of ether oxygens (including phenoxy) is 2. The molecule has 3 aliphatic rings. The number of amides is 1. The van der Waals surface area contributed by atoms with Crippen molar-refractivity contribution in [3.8, 4) is 5.75 Å². The van der Waals surface area contributed by atoms with Crippen LogP contribution < -0.4 is 18.1 Å². The van der Waals surface area contributed by atoms with E-state index in [-0.39, 0.29) is 17.9 Å². The maximum Gasteiger partial charge on any atom is 0.433 e. The number of carbonyl (C=O) groups excluding carboxylic acids is 1. The molecule has 0 bridgehead atoms. The fraction of sp³-hybridized carbons (Fsp3) is 0.583. The van der Waals surface area contributed by atoms with Crippen molar-refractivity contribution in [2.45, 2.75) is 62.9 Å². The number of hydrogen-bond acceptors (Lipinski definition) is 8. The summed E-state index contributed by atoms with van der Waals surface area (Å²) >= 11 is 2.22. The standard InChI is InChI=1S/C24H28F3IN6O3/c1-13-18-20(33(2)19(21(35)31-18)23(36-3)7-4-8-23)32-22(30-13)34(28)15-9-14(10-15)12-37-16-5-6-17(29-11-16)24(25,26)27/h5-6,11,14-15,19H,4,7-10,12H2,1-3H3,(H,31,35)/t14?,15?,19-/m1/s1. The van der Waals surface area contributed by atoms with Gasteiger partial charge in [0.15, 0.2) is 5.82 Å². The molecule has 0 aromatic carbocycles. The summed E-state index contributed by atoms with van der Waals surface area (Å²) in [6.45, 7) is 2.25. The number of aryl methyl sites for hydroxylation is 1. The lowest BCUT2D eigenvalue weighted by molar-refractivity contribution is -0.141. The van der Waals surface area contributed by atoms with Crippen LogP contribution in [-0.4, -0.2) is 59.3 Å². The number of fused-ring (bicyclic) bond motifs is 1. The zero-order valence-corrected chi connectivity index (χ0v) is 22.8. The number of pyridine rings is 1. The molecule has 3 heterocycles. The number of alkyl halides is 3. The van der Waals surface area contributed by atoms with Gasteiger partial charge >= 0.3 is 6.18 Å². The summed E-state index contributed by atoms with van der Waals surface area (Å²) in [5.74, 6) is 1.71. The predicted molar refractivity (Wildman–Crippen MR) is 139 cm³/mol. The van der Waals surface area contributed by atoms with Crippen LogP contribution in [-0.2, 0) is 15.7 Å². The number of likely N-dealkylation sites (N-methyl/N-ethyl adjacent to an activating group) is 1. The normalized spacial score (nSPS) is 24.5. The van der Waals surface area contributed by atoms with Gasteiger partial charge in [-0.3, -0.25) is 7.91 Å². The molecule has 0 spiro atoms. The lowest BCUT2D eigenvalue weighted by atomic mass is 9.73. The molecule has 0 saturated heterocycles. The molecule has 0 radical (unpaired) electrons. The van der Waals surface area contributed by atoms with Gasteiger partial charge in [0.1, 0.15) is 23.2 Å². The molecule has 13 heteroatoms. The molecule has 1 atom stereocenters. The highest BCUT2D eigenvalue weighted by Crippen LogP contribution is 2.45. The molecule has 37 heavy (non-hydrogen) atoms. The Morgan fingerprint density at radius 2 is 2.00 bits per heavy atom. The van der Waals surface area contributed by atoms with Crippen molar-refractivity contribution in [1.82, 2.24) is 15.0 Å². The van der Waals surface area contributed by atoms with E-state index in [1.807, 2.05) is 22.0 Å². The topological polar surface area (TPSA) is 92.7 Å². The summed E-state index contributed by atoms with van der Waals surface area (Å²) in [5.41, 5.74) is -0.142. The number of aromatic nitrogens is 3. The molecular weight excluding hydrogens is 604 g/mol. The summed E-state index contributed by atoms with van der Waals surface area (Å²) < 4.78 is 51.5. The summed E-state index contributed by atoms with van der Waals surface area (Å²) in [6, 6.07) is 1.94. The van der Waals surface area contributed by atoms with Gasteiger partial charge in [-0.1, -0.05) is 0 Å². The SMILES string of the molecule is COC1([C@H]2C(=O)Nc3c(C)nc(N(I)C4CC(COc5ccc(C(F)(F)F)nc5)C4)nc3N2C)CCC1. The zero-order chi connectivity index (χ0) is 26.5. The van der Waals surface area contributed by atoms with E-state index >= 15 is 0 Å². The van der Waals surface area contributed by atoms with E-state index in [1.165, 1.54) is 6.07 Å². The molecule has 200 valence electrons. The Labute approximate surface area is 226 Å². The Balaban J connectivity index is 1.22. The van der Waals surface area contributed by atoms with Crippen LogP contribution in [0, 0.1) is 12.8 Å². The van der Waals surface area contributed by atoms with Crippen molar-refractivity contribution in [2.75, 3.05) is 34.1 Å². The van der Waals surface area contributed by atoms with Gasteiger partial charge in [-0.2, -0.15) is 18.2 Å². The molecule has 1 amide bonds. The van der Waals surface area contributed by atoms with E-state index in [0.29, 0.717) is 35.5 Å². The second-order valence-corrected chi connectivity index (χ2v) is 11.0. The van der Waals surface area contributed by atoms with Crippen LogP contribution in [0.4, 0.5) is 30.6 Å². The first-order valence-electron chi connectivity index (χ1n) is 12.1. The van der Waals surface area contributed by atoms with Gasteiger partial charge in [-0.15, -0.1) is 0 Å². The fourth-order valence-corrected chi connectivity index (χ4v) is 5.94. The van der Waals surface area contributed by atoms with E-state index in [1.54, 1.807) is 7.11 Å². The van der Waals surface area contributed by atoms with Gasteiger partial charge in [0.05, 0.1) is 47.0 Å². The fourth-order valence-electron chi connectivity index (χ4n) is 5.27. The van der Waals surface area contributed by atoms with Crippen molar-refractivity contribution >= 4 is 46.2 Å². The molecule has 1 aliphatic heterocycles. The largest absolute Gasteiger partial charge is 0.492 e. The molecule has 2 fully saturated rings. The van der Waals surface area contributed by atoms with E-state index in [9.17, 15) is 18.0 Å². The predicted octanol–water partition coefficient (Wildman–Crippen LogP) is 4.54. The molecule has 2 aliphatic carbocycles. The number of nitrogens with zero attached hydrogens (tertiary/aromatic N) is 5. The lowest BCUT2D eigenvalue weighted by Gasteiger charge is -2.50. The lowest BCUT2D eigenvalue weighted by Crippen LogP contribution is -2.64. The first-order valence-corrected chi connectivity index (χ1v) is 13.1. The number of halogens is 4. The van der Waals surface area contributed by atoms with Crippen molar-refractivity contribution in [1.29, 1.82) is 0 Å². The number of carbonyl (C=O) groups is 1. The van der Waals surface area contributed by atoms with Crippen LogP contribution in [0.25, 0.3) is 0 Å². The second kappa shape index (κ2) is 9.71. The van der Waals surface area contributed by atoms with E-state index in [4.69, 9.17) is 14.5 Å². The van der Waals surface area contributed by atoms with Gasteiger partial charge < -0.3 is 19.7 Å². The Morgan fingerprint density at radius 1 is 1.27 bits per heavy atom. The monoisotopic (exact) mass is 632 g/mol. The number of methoxy groups -OCH3 is 1. The van der Waals surface area contributed by atoms with Crippen molar-refractivity contribution < 1.29 is 27.4 Å². The second-order valence-electron chi connectivity index (χ2n) is 9.92. The quantitative estimate of drug-likeness (QED) is 0.352. The van der Waals surface area contributed by atoms with Gasteiger partial charge in [-0.25, -0.2) is 9.97 Å². The highest BCUT2D eigenvalue weighted by atomic mass is 127. The number of rotatable bonds is 7. The van der Waals surface area contributed by atoms with Crippen LogP contribution in [0.2, 0.25) is 0 Å². The van der Waals surface area contributed by atoms with Gasteiger partial charge in [-0.05, 0) is 57.1 Å². The zero-order valence-electron chi connectivity index (χ0n) is 20.7. The third-order valence-corrected chi connectivity index (χ3v) is 8.84. The van der Waals surface area contributed by atoms with Crippen LogP contribution in [0.1, 0.15) is 43.5 Å². The number of nitrogens with one attached hydrogen (secondary N) is 1. The van der Waals surface area contributed by atoms with E-state index in [2.05, 4.69) is 38.1 Å². The Morgan fingerprint density at radius 3 is 2.57 bits per heavy atom. The minimum Gasteiger partial charge on any atom is -0.492 e. The maximum absolute atomic E-state index is 13.0. The van der Waals surface area contributed by atoms with Crippen LogP contribution in [0.3, 0.4) is 0 Å². The third kappa shape index (κ3) is 4.79. The van der Waals surface area contributed by atoms with Crippen LogP contribution in [0.5, 0.6) is 5.75 Å². The molecule has 2 aromatic rings. The Hall–Kier alpha value is -2.42. The third-order valence-electron chi connectivity index (χ3n) is 7.62. The summed E-state index contributed by atoms with van der Waals surface area (Å²) in [4.78, 5) is 27.8. The Bertz CT molecular complexity index is 1170. The smallest absolute Gasteiger partial charge is 0.433 e. The van der Waals surface area contributed by atoms with Crippen LogP contribution >= 0.6 is 22.9 Å². The average Bonchev–Trinajstić information content (AvgIpc) is 2.79. The summed E-state index contributed by atoms with van der Waals surface area (Å²) in [5, 5.41) is 3.00. The van der Waals surface area contributed by atoms with Gasteiger partial charge in [0.2, 0.25) is 11.9 Å². The molecule has 2 aromatic heterocycles.